The van der Waals surface area contributed by atoms with Gasteiger partial charge in [0.25, 0.3) is 0 Å². The van der Waals surface area contributed by atoms with Crippen LogP contribution < -0.4 is 5.73 Å². The molecule has 1 saturated heterocycles. The summed E-state index contributed by atoms with van der Waals surface area (Å²) >= 11 is 1.89. The van der Waals surface area contributed by atoms with Crippen molar-refractivity contribution in [2.24, 2.45) is 5.73 Å². The van der Waals surface area contributed by atoms with Crippen molar-refractivity contribution in [2.75, 3.05) is 32.3 Å². The predicted molar refractivity (Wildman–Crippen MR) is 58.4 cm³/mol. The number of nitrogens with two attached hydrogens (primary N) is 1. The maximum Gasteiger partial charge on any atom is 0.241 e. The first-order valence-corrected chi connectivity index (χ1v) is 5.91. The summed E-state index contributed by atoms with van der Waals surface area (Å²) in [5, 5.41) is 0. The van der Waals surface area contributed by atoms with Crippen molar-refractivity contribution in [3.05, 3.63) is 0 Å². The largest absolute Gasteiger partial charge is 0.383 e. The highest BCUT2D eigenvalue weighted by Gasteiger charge is 2.26. The van der Waals surface area contributed by atoms with E-state index in [1.165, 1.54) is 0 Å². The van der Waals surface area contributed by atoms with Crippen molar-refractivity contribution in [2.45, 2.75) is 18.5 Å². The van der Waals surface area contributed by atoms with Crippen LogP contribution in [0.5, 0.6) is 0 Å². The zero-order valence-electron chi connectivity index (χ0n) is 8.73. The molecule has 2 N–H and O–H groups in total. The molecule has 0 saturated carbocycles. The highest BCUT2D eigenvalue weighted by molar-refractivity contribution is 7.99. The number of carbonyl (C=O) groups is 1. The number of thioether (sulfide) groups is 1. The topological polar surface area (TPSA) is 55.6 Å². The van der Waals surface area contributed by atoms with Crippen LogP contribution in [0.3, 0.4) is 0 Å². The lowest BCUT2D eigenvalue weighted by Crippen LogP contribution is -2.48. The fraction of sp³-hybridized carbons (Fsp3) is 0.889. The van der Waals surface area contributed by atoms with E-state index in [9.17, 15) is 4.79 Å². The summed E-state index contributed by atoms with van der Waals surface area (Å²) in [7, 11) is 3.38. The van der Waals surface area contributed by atoms with E-state index in [0.29, 0.717) is 12.6 Å². The standard InChI is InChI=1S/C9H18N2O2S/c1-11(7-3-4-14-6-7)9(12)8(10)5-13-2/h7-8H,3-6,10H2,1-2H3. The summed E-state index contributed by atoms with van der Waals surface area (Å²) in [6.07, 6.45) is 1.08. The molecular formula is C9H18N2O2S. The Kier molecular flexibility index (Phi) is 4.71. The van der Waals surface area contributed by atoms with Crippen LogP contribution >= 0.6 is 11.8 Å². The average molecular weight is 218 g/mol. The average Bonchev–Trinajstić information content (AvgIpc) is 2.68. The number of carbonyl (C=O) groups excluding carboxylic acids is 1. The van der Waals surface area contributed by atoms with E-state index in [2.05, 4.69) is 0 Å². The second-order valence-corrected chi connectivity index (χ2v) is 4.68. The van der Waals surface area contributed by atoms with Gasteiger partial charge in [-0.2, -0.15) is 11.8 Å². The van der Waals surface area contributed by atoms with Crippen LogP contribution in [-0.4, -0.2) is 55.2 Å². The molecule has 1 amide bonds. The first kappa shape index (κ1) is 11.8. The second-order valence-electron chi connectivity index (χ2n) is 3.53. The molecule has 1 heterocycles. The number of ether oxygens (including phenoxy) is 1. The zero-order chi connectivity index (χ0) is 10.6. The Morgan fingerprint density at radius 1 is 1.79 bits per heavy atom. The van der Waals surface area contributed by atoms with Crippen LogP contribution in [0.25, 0.3) is 0 Å². The van der Waals surface area contributed by atoms with Crippen molar-refractivity contribution in [1.29, 1.82) is 0 Å². The Morgan fingerprint density at radius 2 is 2.50 bits per heavy atom. The van der Waals surface area contributed by atoms with E-state index >= 15 is 0 Å². The number of likely N-dealkylation sites (N-methyl/N-ethyl adjacent to an activating group) is 1. The molecule has 4 nitrogen and oxygen atoms in total. The van der Waals surface area contributed by atoms with E-state index in [1.807, 2.05) is 18.8 Å². The van der Waals surface area contributed by atoms with Crippen LogP contribution in [0, 0.1) is 0 Å². The second kappa shape index (κ2) is 5.58. The summed E-state index contributed by atoms with van der Waals surface area (Å²) in [6.45, 7) is 0.295. The number of hydrogen-bond acceptors (Lipinski definition) is 4. The van der Waals surface area contributed by atoms with Gasteiger partial charge in [-0.25, -0.2) is 0 Å². The third-order valence-electron chi connectivity index (χ3n) is 2.46. The normalized spacial score (nSPS) is 23.5. The lowest BCUT2D eigenvalue weighted by molar-refractivity contribution is -0.134. The number of nitrogens with zero attached hydrogens (tertiary/aromatic N) is 1. The summed E-state index contributed by atoms with van der Waals surface area (Å²) in [5.41, 5.74) is 5.67. The van der Waals surface area contributed by atoms with E-state index < -0.39 is 6.04 Å². The fourth-order valence-corrected chi connectivity index (χ4v) is 2.79. The molecule has 0 radical (unpaired) electrons. The molecular weight excluding hydrogens is 200 g/mol. The number of amides is 1. The van der Waals surface area contributed by atoms with Crippen LogP contribution in [0.4, 0.5) is 0 Å². The van der Waals surface area contributed by atoms with Crippen LogP contribution in [0.1, 0.15) is 6.42 Å². The minimum Gasteiger partial charge on any atom is -0.383 e. The number of hydrogen-bond donors (Lipinski definition) is 1. The van der Waals surface area contributed by atoms with Gasteiger partial charge in [0.05, 0.1) is 6.61 Å². The van der Waals surface area contributed by atoms with Gasteiger partial charge < -0.3 is 15.4 Å². The number of rotatable bonds is 4. The maximum absolute atomic E-state index is 11.7. The van der Waals surface area contributed by atoms with Gasteiger partial charge in [-0.1, -0.05) is 0 Å². The molecule has 2 unspecified atom stereocenters. The molecule has 0 aromatic rings. The van der Waals surface area contributed by atoms with Gasteiger partial charge in [0.2, 0.25) is 5.91 Å². The third-order valence-corrected chi connectivity index (χ3v) is 3.61. The Morgan fingerprint density at radius 3 is 3.00 bits per heavy atom. The van der Waals surface area contributed by atoms with Gasteiger partial charge in [0.1, 0.15) is 6.04 Å². The minimum absolute atomic E-state index is 0.0145. The highest BCUT2D eigenvalue weighted by atomic mass is 32.2. The molecule has 1 aliphatic heterocycles. The third kappa shape index (κ3) is 2.87. The van der Waals surface area contributed by atoms with E-state index in [-0.39, 0.29) is 5.91 Å². The Hall–Kier alpha value is -0.260. The predicted octanol–water partition coefficient (Wildman–Crippen LogP) is -0.0760. The van der Waals surface area contributed by atoms with Gasteiger partial charge in [0.15, 0.2) is 0 Å². The fourth-order valence-electron chi connectivity index (χ4n) is 1.52. The van der Waals surface area contributed by atoms with Crippen molar-refractivity contribution < 1.29 is 9.53 Å². The Balaban J connectivity index is 2.42. The highest BCUT2D eigenvalue weighted by Crippen LogP contribution is 2.21. The lowest BCUT2D eigenvalue weighted by atomic mass is 10.2. The zero-order valence-corrected chi connectivity index (χ0v) is 9.55. The van der Waals surface area contributed by atoms with Gasteiger partial charge >= 0.3 is 0 Å². The molecule has 0 aromatic carbocycles. The molecule has 82 valence electrons. The van der Waals surface area contributed by atoms with Gasteiger partial charge in [-0.05, 0) is 12.2 Å². The van der Waals surface area contributed by atoms with Crippen molar-refractivity contribution in [3.8, 4) is 0 Å². The van der Waals surface area contributed by atoms with Crippen molar-refractivity contribution in [3.63, 3.8) is 0 Å². The van der Waals surface area contributed by atoms with E-state index in [4.69, 9.17) is 10.5 Å². The van der Waals surface area contributed by atoms with Crippen molar-refractivity contribution >= 4 is 17.7 Å². The molecule has 1 aliphatic rings. The first-order valence-electron chi connectivity index (χ1n) is 4.75. The van der Waals surface area contributed by atoms with Crippen molar-refractivity contribution in [1.82, 2.24) is 4.90 Å². The summed E-state index contributed by atoms with van der Waals surface area (Å²) < 4.78 is 4.86. The van der Waals surface area contributed by atoms with E-state index in [1.54, 1.807) is 12.0 Å². The first-order chi connectivity index (χ1) is 6.66. The molecule has 2 atom stereocenters. The van der Waals surface area contributed by atoms with E-state index in [0.717, 1.165) is 17.9 Å². The molecule has 0 bridgehead atoms. The monoisotopic (exact) mass is 218 g/mol. The van der Waals surface area contributed by atoms with Gasteiger partial charge in [-0.3, -0.25) is 4.79 Å². The lowest BCUT2D eigenvalue weighted by Gasteiger charge is -2.26. The molecule has 1 rings (SSSR count). The molecule has 0 aliphatic carbocycles. The molecule has 14 heavy (non-hydrogen) atoms. The maximum atomic E-state index is 11.7. The number of methoxy groups -OCH3 is 1. The smallest absolute Gasteiger partial charge is 0.241 e. The van der Waals surface area contributed by atoms with Gasteiger partial charge in [0, 0.05) is 26.0 Å². The Labute approximate surface area is 89.2 Å². The minimum atomic E-state index is -0.518. The molecule has 0 spiro atoms. The summed E-state index contributed by atoms with van der Waals surface area (Å²) in [5.74, 6) is 2.16. The molecule has 0 aromatic heterocycles. The summed E-state index contributed by atoms with van der Waals surface area (Å²) in [4.78, 5) is 13.5. The molecule has 1 fully saturated rings. The quantitative estimate of drug-likeness (QED) is 0.717. The summed E-state index contributed by atoms with van der Waals surface area (Å²) in [6, 6.07) is -0.161. The Bertz CT molecular complexity index is 195. The van der Waals surface area contributed by atoms with Gasteiger partial charge in [-0.15, -0.1) is 0 Å². The molecule has 5 heteroatoms. The van der Waals surface area contributed by atoms with Crippen LogP contribution in [-0.2, 0) is 9.53 Å². The van der Waals surface area contributed by atoms with Crippen LogP contribution in [0.2, 0.25) is 0 Å². The SMILES string of the molecule is COCC(N)C(=O)N(C)C1CCSC1. The van der Waals surface area contributed by atoms with Crippen LogP contribution in [0.15, 0.2) is 0 Å².